The minimum atomic E-state index is -0.517. The molecule has 1 aromatic carbocycles. The van der Waals surface area contributed by atoms with Crippen LogP contribution in [0.5, 0.6) is 0 Å². The predicted octanol–water partition coefficient (Wildman–Crippen LogP) is 3.00. The number of hydrogen-bond acceptors (Lipinski definition) is 17. The topological polar surface area (TPSA) is 188 Å². The predicted molar refractivity (Wildman–Crippen MR) is 224 cm³/mol. The number of nitrogens with zero attached hydrogens (tertiary/aromatic N) is 1. The number of amides is 2. The van der Waals surface area contributed by atoms with Gasteiger partial charge in [0.25, 0.3) is 0 Å². The highest BCUT2D eigenvalue weighted by atomic mass is 16.6. The van der Waals surface area contributed by atoms with Crippen LogP contribution in [-0.2, 0) is 77.7 Å². The van der Waals surface area contributed by atoms with E-state index in [1.165, 1.54) is 4.90 Å². The molecule has 0 radical (unpaired) electrons. The number of hydrogen-bond donors (Lipinski definition) is 1. The normalized spacial score (nSPS) is 11.5. The molecule has 19 nitrogen and oxygen atoms in total. The Kier molecular flexibility index (Phi) is 39.2. The van der Waals surface area contributed by atoms with E-state index in [9.17, 15) is 9.59 Å². The Bertz CT molecular complexity index is 1100. The van der Waals surface area contributed by atoms with Gasteiger partial charge >= 0.3 is 12.2 Å². The summed E-state index contributed by atoms with van der Waals surface area (Å²) in [4.78, 5) is 25.0. The van der Waals surface area contributed by atoms with Gasteiger partial charge in [-0.25, -0.2) is 9.59 Å². The van der Waals surface area contributed by atoms with Crippen molar-refractivity contribution in [3.8, 4) is 0 Å². The van der Waals surface area contributed by atoms with Crippen molar-refractivity contribution in [3.63, 3.8) is 0 Å². The summed E-state index contributed by atoms with van der Waals surface area (Å²) in [6, 6.07) is 9.50. The van der Waals surface area contributed by atoms with Crippen molar-refractivity contribution >= 4 is 12.2 Å². The molecule has 0 atom stereocenters. The molecule has 0 aromatic heterocycles. The van der Waals surface area contributed by atoms with Crippen LogP contribution in [0.1, 0.15) is 26.3 Å². The Balaban J connectivity index is 1.64. The first kappa shape index (κ1) is 56.3. The molecule has 0 saturated heterocycles. The maximum Gasteiger partial charge on any atom is 0.410 e. The van der Waals surface area contributed by atoms with Crippen molar-refractivity contribution in [2.75, 3.05) is 192 Å². The number of benzene rings is 1. The molecule has 0 bridgehead atoms. The van der Waals surface area contributed by atoms with Crippen LogP contribution < -0.4 is 5.32 Å². The second kappa shape index (κ2) is 42.5. The Morgan fingerprint density at radius 2 is 0.754 bits per heavy atom. The molecule has 0 saturated carbocycles. The summed E-state index contributed by atoms with van der Waals surface area (Å²) < 4.78 is 81.7. The lowest BCUT2D eigenvalue weighted by Gasteiger charge is -2.24. The number of rotatable bonds is 44. The largest absolute Gasteiger partial charge is 0.445 e. The van der Waals surface area contributed by atoms with E-state index in [2.05, 4.69) is 5.32 Å². The maximum absolute atomic E-state index is 11.9. The van der Waals surface area contributed by atoms with Crippen molar-refractivity contribution < 1.29 is 80.6 Å². The molecule has 1 N–H and O–H groups in total. The molecule has 0 aliphatic carbocycles. The van der Waals surface area contributed by atoms with Gasteiger partial charge in [0.2, 0.25) is 0 Å². The van der Waals surface area contributed by atoms with Crippen molar-refractivity contribution in [2.24, 2.45) is 0 Å². The summed E-state index contributed by atoms with van der Waals surface area (Å²) in [6.45, 7) is 18.6. The van der Waals surface area contributed by atoms with E-state index in [4.69, 9.17) is 71.1 Å². The number of alkyl carbamates (subject to hydrolysis) is 1. The molecule has 356 valence electrons. The van der Waals surface area contributed by atoms with E-state index >= 15 is 0 Å². The van der Waals surface area contributed by atoms with E-state index in [0.29, 0.717) is 185 Å². The quantitative estimate of drug-likeness (QED) is 0.0942. The minimum Gasteiger partial charge on any atom is -0.445 e. The van der Waals surface area contributed by atoms with Gasteiger partial charge in [0, 0.05) is 20.1 Å². The summed E-state index contributed by atoms with van der Waals surface area (Å²) >= 11 is 0. The Morgan fingerprint density at radius 3 is 1.07 bits per heavy atom. The second-order valence-corrected chi connectivity index (χ2v) is 13.9. The molecule has 0 fully saturated rings. The van der Waals surface area contributed by atoms with Crippen molar-refractivity contribution in [2.45, 2.75) is 33.0 Å². The zero-order chi connectivity index (χ0) is 44.2. The maximum atomic E-state index is 11.9. The summed E-state index contributed by atoms with van der Waals surface area (Å²) in [5, 5.41) is 2.64. The van der Waals surface area contributed by atoms with Crippen LogP contribution in [0.15, 0.2) is 30.3 Å². The number of carbonyl (C=O) groups is 2. The van der Waals surface area contributed by atoms with Gasteiger partial charge in [0.15, 0.2) is 0 Å². The van der Waals surface area contributed by atoms with Gasteiger partial charge in [-0.2, -0.15) is 0 Å². The first-order chi connectivity index (χ1) is 29.8. The van der Waals surface area contributed by atoms with E-state index < -0.39 is 11.7 Å². The monoisotopic (exact) mass is 881 g/mol. The highest BCUT2D eigenvalue weighted by Gasteiger charge is 2.19. The molecule has 0 heterocycles. The fourth-order valence-corrected chi connectivity index (χ4v) is 4.37. The van der Waals surface area contributed by atoms with E-state index in [1.54, 1.807) is 7.05 Å². The molecule has 0 aliphatic rings. The third kappa shape index (κ3) is 42.3. The van der Waals surface area contributed by atoms with E-state index in [0.717, 1.165) is 5.56 Å². The standard InChI is InChI=1S/C42H76N2O17/c1-42(2,3)61-41(46)44(4)11-13-48-15-17-50-19-21-52-23-25-54-27-29-56-31-33-58-35-37-59-36-34-57-32-30-55-28-26-53-24-22-51-20-18-49-16-14-47-12-10-43-40(45)60-38-39-8-6-5-7-9-39/h5-9H,10-38H2,1-4H3,(H,43,45). The summed E-state index contributed by atoms with van der Waals surface area (Å²) in [5.74, 6) is 0. The lowest BCUT2D eigenvalue weighted by molar-refractivity contribution is -0.0291. The highest BCUT2D eigenvalue weighted by Crippen LogP contribution is 2.08. The summed E-state index contributed by atoms with van der Waals surface area (Å²) in [6.07, 6.45) is -0.843. The van der Waals surface area contributed by atoms with Crippen LogP contribution in [0, 0.1) is 0 Å². The zero-order valence-electron chi connectivity index (χ0n) is 37.3. The first-order valence-corrected chi connectivity index (χ1v) is 21.2. The Hall–Kier alpha value is -2.76. The SMILES string of the molecule is CN(CCOCCOCCOCCOCCOCCOCCOCCOCCOCCOCCOCCOCCOCCNC(=O)OCc1ccccc1)C(=O)OC(C)(C)C. The number of likely N-dealkylation sites (N-methyl/N-ethyl adjacent to an activating group) is 1. The van der Waals surface area contributed by atoms with Crippen molar-refractivity contribution in [3.05, 3.63) is 35.9 Å². The van der Waals surface area contributed by atoms with Gasteiger partial charge in [-0.05, 0) is 26.3 Å². The van der Waals surface area contributed by atoms with Gasteiger partial charge in [0.1, 0.15) is 12.2 Å². The number of carbonyl (C=O) groups excluding carboxylic acids is 2. The third-order valence-electron chi connectivity index (χ3n) is 7.47. The van der Waals surface area contributed by atoms with Crippen LogP contribution in [0.2, 0.25) is 0 Å². The smallest absolute Gasteiger partial charge is 0.410 e. The molecule has 19 heteroatoms. The van der Waals surface area contributed by atoms with Crippen molar-refractivity contribution in [1.29, 1.82) is 0 Å². The number of nitrogens with one attached hydrogen (secondary N) is 1. The molecule has 1 aromatic rings. The molecular weight excluding hydrogens is 804 g/mol. The Labute approximate surface area is 363 Å². The van der Waals surface area contributed by atoms with Gasteiger partial charge in [0.05, 0.1) is 172 Å². The van der Waals surface area contributed by atoms with E-state index in [-0.39, 0.29) is 12.7 Å². The highest BCUT2D eigenvalue weighted by molar-refractivity contribution is 5.67. The first-order valence-electron chi connectivity index (χ1n) is 21.2. The van der Waals surface area contributed by atoms with Crippen molar-refractivity contribution in [1.82, 2.24) is 10.2 Å². The Morgan fingerprint density at radius 1 is 0.459 bits per heavy atom. The average molecular weight is 881 g/mol. The van der Waals surface area contributed by atoms with Gasteiger partial charge in [-0.1, -0.05) is 30.3 Å². The van der Waals surface area contributed by atoms with Gasteiger partial charge in [-0.15, -0.1) is 0 Å². The zero-order valence-corrected chi connectivity index (χ0v) is 37.3. The van der Waals surface area contributed by atoms with Gasteiger partial charge < -0.3 is 81.3 Å². The molecule has 61 heavy (non-hydrogen) atoms. The molecule has 0 unspecified atom stereocenters. The summed E-state index contributed by atoms with van der Waals surface area (Å²) in [5.41, 5.74) is 0.417. The fourth-order valence-electron chi connectivity index (χ4n) is 4.37. The van der Waals surface area contributed by atoms with Gasteiger partial charge in [-0.3, -0.25) is 0 Å². The number of ether oxygens (including phenoxy) is 15. The minimum absolute atomic E-state index is 0.232. The lowest BCUT2D eigenvalue weighted by atomic mass is 10.2. The average Bonchev–Trinajstić information content (AvgIpc) is 3.24. The molecule has 2 amide bonds. The van der Waals surface area contributed by atoms with Crippen LogP contribution in [-0.4, -0.2) is 215 Å². The second-order valence-electron chi connectivity index (χ2n) is 13.9. The third-order valence-corrected chi connectivity index (χ3v) is 7.47. The van der Waals surface area contributed by atoms with Crippen LogP contribution in [0.25, 0.3) is 0 Å². The fraction of sp³-hybridized carbons (Fsp3) is 0.810. The molecule has 1 rings (SSSR count). The van der Waals surface area contributed by atoms with Crippen LogP contribution in [0.3, 0.4) is 0 Å². The van der Waals surface area contributed by atoms with Crippen LogP contribution in [0.4, 0.5) is 9.59 Å². The van der Waals surface area contributed by atoms with E-state index in [1.807, 2.05) is 51.1 Å². The molecular formula is C42H76N2O17. The van der Waals surface area contributed by atoms with Crippen LogP contribution >= 0.6 is 0 Å². The lowest BCUT2D eigenvalue weighted by Crippen LogP contribution is -2.36. The molecule has 0 spiro atoms. The molecule has 0 aliphatic heterocycles. The summed E-state index contributed by atoms with van der Waals surface area (Å²) in [7, 11) is 1.68.